The SMILES string of the molecule is CCOC(=O)C(=O)NC1([N+](=O)[O-])C=CC2=C(CCCN2C(=O)C(=O)O)C1. The van der Waals surface area contributed by atoms with E-state index in [4.69, 9.17) is 5.11 Å². The Kier molecular flexibility index (Phi) is 5.38. The van der Waals surface area contributed by atoms with Crippen molar-refractivity contribution in [2.75, 3.05) is 13.2 Å². The summed E-state index contributed by atoms with van der Waals surface area (Å²) >= 11 is 0. The van der Waals surface area contributed by atoms with E-state index in [0.717, 1.165) is 11.0 Å². The topological polar surface area (TPSA) is 156 Å². The summed E-state index contributed by atoms with van der Waals surface area (Å²) in [6.07, 6.45) is 2.79. The number of allylic oxidation sites excluding steroid dienone is 1. The Labute approximate surface area is 147 Å². The lowest BCUT2D eigenvalue weighted by Gasteiger charge is -2.35. The highest BCUT2D eigenvalue weighted by molar-refractivity contribution is 6.32. The second-order valence-electron chi connectivity index (χ2n) is 5.72. The molecule has 140 valence electrons. The van der Waals surface area contributed by atoms with Crippen molar-refractivity contribution in [3.05, 3.63) is 33.5 Å². The number of rotatable bonds is 3. The van der Waals surface area contributed by atoms with Crippen molar-refractivity contribution in [3.63, 3.8) is 0 Å². The molecule has 11 nitrogen and oxygen atoms in total. The number of hydrogen-bond donors (Lipinski definition) is 2. The maximum absolute atomic E-state index is 11.9. The Balaban J connectivity index is 2.30. The maximum atomic E-state index is 11.9. The van der Waals surface area contributed by atoms with Crippen LogP contribution in [-0.4, -0.2) is 57.5 Å². The Morgan fingerprint density at radius 2 is 2.12 bits per heavy atom. The van der Waals surface area contributed by atoms with E-state index in [9.17, 15) is 29.3 Å². The van der Waals surface area contributed by atoms with Crippen LogP contribution in [0.25, 0.3) is 0 Å². The monoisotopic (exact) mass is 367 g/mol. The molecular formula is C15H17N3O8. The van der Waals surface area contributed by atoms with Crippen LogP contribution in [0.4, 0.5) is 0 Å². The van der Waals surface area contributed by atoms with Gasteiger partial charge in [0.15, 0.2) is 0 Å². The molecule has 0 aromatic heterocycles. The molecule has 26 heavy (non-hydrogen) atoms. The van der Waals surface area contributed by atoms with E-state index >= 15 is 0 Å². The van der Waals surface area contributed by atoms with Crippen LogP contribution < -0.4 is 5.32 Å². The van der Waals surface area contributed by atoms with Crippen LogP contribution in [-0.2, 0) is 23.9 Å². The minimum Gasteiger partial charge on any atom is -0.474 e. The van der Waals surface area contributed by atoms with Gasteiger partial charge in [-0.3, -0.25) is 25.0 Å². The second kappa shape index (κ2) is 7.33. The number of esters is 1. The molecule has 2 rings (SSSR count). The van der Waals surface area contributed by atoms with E-state index in [0.29, 0.717) is 18.4 Å². The fraction of sp³-hybridized carbons (Fsp3) is 0.467. The lowest BCUT2D eigenvalue weighted by molar-refractivity contribution is -0.560. The van der Waals surface area contributed by atoms with Crippen molar-refractivity contribution < 1.29 is 33.9 Å². The molecule has 11 heteroatoms. The molecule has 0 aromatic rings. The fourth-order valence-corrected chi connectivity index (χ4v) is 2.91. The average Bonchev–Trinajstić information content (AvgIpc) is 2.60. The summed E-state index contributed by atoms with van der Waals surface area (Å²) in [6.45, 7) is 1.60. The molecular weight excluding hydrogens is 350 g/mol. The number of aliphatic carboxylic acids is 1. The third-order valence-electron chi connectivity index (χ3n) is 4.06. The molecule has 0 radical (unpaired) electrons. The third-order valence-corrected chi connectivity index (χ3v) is 4.06. The number of carbonyl (C=O) groups excluding carboxylic acids is 3. The molecule has 1 atom stereocenters. The van der Waals surface area contributed by atoms with Crippen molar-refractivity contribution in [1.29, 1.82) is 0 Å². The van der Waals surface area contributed by atoms with Crippen LogP contribution in [0, 0.1) is 10.1 Å². The van der Waals surface area contributed by atoms with Crippen LogP contribution in [0.1, 0.15) is 26.2 Å². The Morgan fingerprint density at radius 3 is 2.69 bits per heavy atom. The summed E-state index contributed by atoms with van der Waals surface area (Å²) in [5.41, 5.74) is -1.35. The lowest BCUT2D eigenvalue weighted by Crippen LogP contribution is -2.56. The van der Waals surface area contributed by atoms with Gasteiger partial charge in [-0.1, -0.05) is 0 Å². The van der Waals surface area contributed by atoms with E-state index in [2.05, 4.69) is 10.1 Å². The summed E-state index contributed by atoms with van der Waals surface area (Å²) in [5, 5.41) is 22.5. The predicted octanol–water partition coefficient (Wildman–Crippen LogP) is -0.440. The number of carbonyl (C=O) groups is 4. The summed E-state index contributed by atoms with van der Waals surface area (Å²) in [6, 6.07) is 0. The summed E-state index contributed by atoms with van der Waals surface area (Å²) in [7, 11) is 0. The highest BCUT2D eigenvalue weighted by Gasteiger charge is 2.47. The van der Waals surface area contributed by atoms with Crippen LogP contribution in [0.3, 0.4) is 0 Å². The van der Waals surface area contributed by atoms with Gasteiger partial charge in [-0.05, 0) is 31.4 Å². The first-order chi connectivity index (χ1) is 12.2. The molecule has 1 aliphatic heterocycles. The molecule has 0 saturated heterocycles. The molecule has 2 amide bonds. The van der Waals surface area contributed by atoms with Gasteiger partial charge in [0.1, 0.15) is 0 Å². The molecule has 1 unspecified atom stereocenters. The number of nitrogens with zero attached hydrogens (tertiary/aromatic N) is 2. The average molecular weight is 367 g/mol. The minimum absolute atomic E-state index is 0.0604. The number of hydrogen-bond acceptors (Lipinski definition) is 7. The second-order valence-corrected chi connectivity index (χ2v) is 5.72. The van der Waals surface area contributed by atoms with Gasteiger partial charge in [0.25, 0.3) is 0 Å². The molecule has 2 aliphatic rings. The number of nitrogens with one attached hydrogen (secondary N) is 1. The molecule has 1 heterocycles. The summed E-state index contributed by atoms with van der Waals surface area (Å²) < 4.78 is 4.52. The first-order valence-corrected chi connectivity index (χ1v) is 7.81. The van der Waals surface area contributed by atoms with E-state index in [1.165, 1.54) is 13.0 Å². The van der Waals surface area contributed by atoms with Crippen molar-refractivity contribution in [1.82, 2.24) is 10.2 Å². The molecule has 0 bridgehead atoms. The standard InChI is InChI=1S/C15H17N3O8/c1-2-26-14(23)11(19)16-15(18(24)25)6-5-10-9(8-15)4-3-7-17(10)12(20)13(21)22/h5-6H,2-4,7-8H2,1H3,(H,16,19)(H,21,22). The molecule has 0 saturated carbocycles. The first kappa shape index (κ1) is 19.1. The molecule has 0 spiro atoms. The van der Waals surface area contributed by atoms with Gasteiger partial charge in [-0.2, -0.15) is 0 Å². The highest BCUT2D eigenvalue weighted by atomic mass is 16.6. The number of carboxylic acid groups (broad SMARTS) is 1. The van der Waals surface area contributed by atoms with Gasteiger partial charge < -0.3 is 14.7 Å². The predicted molar refractivity (Wildman–Crippen MR) is 83.9 cm³/mol. The molecule has 1 aliphatic carbocycles. The number of carboxylic acids is 1. The van der Waals surface area contributed by atoms with Gasteiger partial charge in [-0.25, -0.2) is 9.59 Å². The summed E-state index contributed by atoms with van der Waals surface area (Å²) in [4.78, 5) is 57.9. The quantitative estimate of drug-likeness (QED) is 0.223. The van der Waals surface area contributed by atoms with Crippen LogP contribution >= 0.6 is 0 Å². The Morgan fingerprint density at radius 1 is 1.42 bits per heavy atom. The highest BCUT2D eigenvalue weighted by Crippen LogP contribution is 2.35. The minimum atomic E-state index is -2.07. The molecule has 0 fully saturated rings. The Bertz CT molecular complexity index is 741. The van der Waals surface area contributed by atoms with E-state index in [1.807, 2.05) is 0 Å². The van der Waals surface area contributed by atoms with E-state index < -0.39 is 34.3 Å². The van der Waals surface area contributed by atoms with Crippen LogP contribution in [0.15, 0.2) is 23.4 Å². The van der Waals surface area contributed by atoms with Gasteiger partial charge >= 0.3 is 29.4 Å². The zero-order chi connectivity index (χ0) is 19.5. The van der Waals surface area contributed by atoms with Gasteiger partial charge in [0.05, 0.1) is 18.0 Å². The first-order valence-electron chi connectivity index (χ1n) is 7.81. The van der Waals surface area contributed by atoms with Gasteiger partial charge in [0.2, 0.25) is 0 Å². The van der Waals surface area contributed by atoms with Gasteiger partial charge in [-0.15, -0.1) is 0 Å². The van der Waals surface area contributed by atoms with E-state index in [-0.39, 0.29) is 25.3 Å². The smallest absolute Gasteiger partial charge is 0.397 e. The zero-order valence-corrected chi connectivity index (χ0v) is 13.9. The molecule has 0 aromatic carbocycles. The van der Waals surface area contributed by atoms with Crippen molar-refractivity contribution in [2.45, 2.75) is 31.8 Å². The van der Waals surface area contributed by atoms with Crippen molar-refractivity contribution in [3.8, 4) is 0 Å². The number of ether oxygens (including phenoxy) is 1. The summed E-state index contributed by atoms with van der Waals surface area (Å²) in [5.74, 6) is -5.26. The van der Waals surface area contributed by atoms with E-state index in [1.54, 1.807) is 0 Å². The maximum Gasteiger partial charge on any atom is 0.397 e. The zero-order valence-electron chi connectivity index (χ0n) is 13.9. The number of amides is 2. The Hall–Kier alpha value is -3.24. The lowest BCUT2D eigenvalue weighted by atomic mass is 9.87. The van der Waals surface area contributed by atoms with Gasteiger partial charge in [0, 0.05) is 18.3 Å². The van der Waals surface area contributed by atoms with Crippen molar-refractivity contribution >= 4 is 23.8 Å². The van der Waals surface area contributed by atoms with Crippen LogP contribution in [0.5, 0.6) is 0 Å². The largest absolute Gasteiger partial charge is 0.474 e. The number of nitro groups is 1. The van der Waals surface area contributed by atoms with Crippen LogP contribution in [0.2, 0.25) is 0 Å². The molecule has 2 N–H and O–H groups in total. The van der Waals surface area contributed by atoms with Crippen molar-refractivity contribution in [2.24, 2.45) is 0 Å². The third kappa shape index (κ3) is 3.55. The normalized spacial score (nSPS) is 21.7. The fourth-order valence-electron chi connectivity index (χ4n) is 2.91.